The van der Waals surface area contributed by atoms with Crippen LogP contribution in [0.15, 0.2) is 42.7 Å². The van der Waals surface area contributed by atoms with E-state index in [4.69, 9.17) is 5.73 Å². The minimum Gasteiger partial charge on any atom is -0.366 e. The van der Waals surface area contributed by atoms with Crippen LogP contribution in [0.4, 0.5) is 17.2 Å². The highest BCUT2D eigenvalue weighted by Gasteiger charge is 2.20. The van der Waals surface area contributed by atoms with Gasteiger partial charge in [-0.3, -0.25) is 4.79 Å². The van der Waals surface area contributed by atoms with Crippen molar-refractivity contribution in [1.82, 2.24) is 19.5 Å². The first-order chi connectivity index (χ1) is 15.2. The van der Waals surface area contributed by atoms with Crippen LogP contribution < -0.4 is 16.4 Å². The second-order valence-corrected chi connectivity index (χ2v) is 8.60. The maximum absolute atomic E-state index is 12.6. The molecule has 3 aromatic rings. The molecule has 8 nitrogen and oxygen atoms in total. The Morgan fingerprint density at radius 2 is 1.81 bits per heavy atom. The summed E-state index contributed by atoms with van der Waals surface area (Å²) in [5, 5.41) is 11.7. The van der Waals surface area contributed by atoms with Gasteiger partial charge < -0.3 is 21.3 Å². The fraction of sp³-hybridized carbons (Fsp3) is 0.435. The summed E-state index contributed by atoms with van der Waals surface area (Å²) in [7, 11) is 0. The number of nitrogens with two attached hydrogens (primary N) is 1. The number of rotatable bonds is 5. The second-order valence-electron chi connectivity index (χ2n) is 8.60. The van der Waals surface area contributed by atoms with Crippen LogP contribution in [0.1, 0.15) is 48.9 Å². The molecular formula is C23H29N7O. The predicted octanol–water partition coefficient (Wildman–Crippen LogP) is 3.39. The summed E-state index contributed by atoms with van der Waals surface area (Å²) in [6, 6.07) is 10.4. The maximum Gasteiger partial charge on any atom is 0.253 e. The molecule has 0 radical (unpaired) electrons. The van der Waals surface area contributed by atoms with Crippen molar-refractivity contribution in [3.63, 3.8) is 0 Å². The van der Waals surface area contributed by atoms with Crippen molar-refractivity contribution >= 4 is 28.7 Å². The number of carbonyl (C=O) groups is 1. The number of hydrogen-bond acceptors (Lipinski definition) is 6. The van der Waals surface area contributed by atoms with Crippen molar-refractivity contribution in [3.8, 4) is 0 Å². The first-order valence-corrected chi connectivity index (χ1v) is 11.2. The van der Waals surface area contributed by atoms with Gasteiger partial charge in [0, 0.05) is 54.9 Å². The Morgan fingerprint density at radius 1 is 1.06 bits per heavy atom. The van der Waals surface area contributed by atoms with Gasteiger partial charge in [0.15, 0.2) is 5.65 Å². The summed E-state index contributed by atoms with van der Waals surface area (Å²) < 4.78 is 1.78. The lowest BCUT2D eigenvalue weighted by atomic mass is 9.92. The van der Waals surface area contributed by atoms with Crippen LogP contribution in [-0.2, 0) is 0 Å². The van der Waals surface area contributed by atoms with Gasteiger partial charge in [-0.15, -0.1) is 5.10 Å². The third-order valence-electron chi connectivity index (χ3n) is 6.29. The van der Waals surface area contributed by atoms with E-state index in [2.05, 4.69) is 20.7 Å². The minimum atomic E-state index is 0.113. The number of aromatic nitrogens is 3. The van der Waals surface area contributed by atoms with Gasteiger partial charge in [-0.1, -0.05) is 0 Å². The SMILES string of the molecule is NC1CCC(Nc2cc(Nc3ccc(C(=O)N4CCCC4)cc3)c3nccn3n2)CC1. The normalized spacial score (nSPS) is 21.4. The van der Waals surface area contributed by atoms with Gasteiger partial charge in [0.05, 0.1) is 5.69 Å². The van der Waals surface area contributed by atoms with Crippen LogP contribution >= 0.6 is 0 Å². The van der Waals surface area contributed by atoms with E-state index in [-0.39, 0.29) is 5.91 Å². The molecule has 5 rings (SSSR count). The van der Waals surface area contributed by atoms with Crippen LogP contribution in [0.3, 0.4) is 0 Å². The molecule has 1 amide bonds. The van der Waals surface area contributed by atoms with Gasteiger partial charge in [0.1, 0.15) is 5.82 Å². The number of nitrogens with one attached hydrogen (secondary N) is 2. The number of hydrogen-bond donors (Lipinski definition) is 3. The molecule has 0 bridgehead atoms. The maximum atomic E-state index is 12.6. The Bertz CT molecular complexity index is 1050. The van der Waals surface area contributed by atoms with E-state index in [1.165, 1.54) is 0 Å². The topological polar surface area (TPSA) is 101 Å². The molecule has 0 spiro atoms. The number of anilines is 3. The highest BCUT2D eigenvalue weighted by Crippen LogP contribution is 2.26. The largest absolute Gasteiger partial charge is 0.366 e. The fourth-order valence-electron chi connectivity index (χ4n) is 4.51. The number of carbonyl (C=O) groups excluding carboxylic acids is 1. The third-order valence-corrected chi connectivity index (χ3v) is 6.29. The number of fused-ring (bicyclic) bond motifs is 1. The summed E-state index contributed by atoms with van der Waals surface area (Å²) in [5.41, 5.74) is 9.30. The van der Waals surface area contributed by atoms with Crippen LogP contribution in [0, 0.1) is 0 Å². The van der Waals surface area contributed by atoms with Crippen LogP contribution in [-0.4, -0.2) is 50.6 Å². The highest BCUT2D eigenvalue weighted by molar-refractivity contribution is 5.94. The molecule has 1 aromatic carbocycles. The van der Waals surface area contributed by atoms with E-state index in [1.807, 2.05) is 41.4 Å². The Hall–Kier alpha value is -3.13. The molecule has 31 heavy (non-hydrogen) atoms. The smallest absolute Gasteiger partial charge is 0.253 e. The zero-order valence-corrected chi connectivity index (χ0v) is 17.6. The zero-order chi connectivity index (χ0) is 21.2. The molecule has 1 aliphatic heterocycles. The van der Waals surface area contributed by atoms with E-state index in [9.17, 15) is 4.79 Å². The molecule has 2 aromatic heterocycles. The molecule has 2 fully saturated rings. The zero-order valence-electron chi connectivity index (χ0n) is 17.6. The Balaban J connectivity index is 1.33. The fourth-order valence-corrected chi connectivity index (χ4v) is 4.51. The van der Waals surface area contributed by atoms with Crippen LogP contribution in [0.2, 0.25) is 0 Å². The van der Waals surface area contributed by atoms with Crippen molar-refractivity contribution in [1.29, 1.82) is 0 Å². The average molecular weight is 420 g/mol. The van der Waals surface area contributed by atoms with Gasteiger partial charge in [0.25, 0.3) is 5.91 Å². The Labute approximate surface area is 181 Å². The van der Waals surface area contributed by atoms with E-state index in [0.717, 1.165) is 80.0 Å². The molecule has 3 heterocycles. The molecule has 162 valence electrons. The number of benzene rings is 1. The number of likely N-dealkylation sites (tertiary alicyclic amines) is 1. The first kappa shape index (κ1) is 19.8. The Kier molecular flexibility index (Phi) is 5.46. The Morgan fingerprint density at radius 3 is 2.55 bits per heavy atom. The molecule has 1 saturated heterocycles. The van der Waals surface area contributed by atoms with Crippen molar-refractivity contribution in [2.45, 2.75) is 50.6 Å². The summed E-state index contributed by atoms with van der Waals surface area (Å²) in [5.74, 6) is 0.927. The second kappa shape index (κ2) is 8.55. The molecule has 1 saturated carbocycles. The molecular weight excluding hydrogens is 390 g/mol. The average Bonchev–Trinajstić information content (AvgIpc) is 3.48. The van der Waals surface area contributed by atoms with Crippen LogP contribution in [0.25, 0.3) is 5.65 Å². The molecule has 0 unspecified atom stereocenters. The molecule has 8 heteroatoms. The van der Waals surface area contributed by atoms with E-state index < -0.39 is 0 Å². The van der Waals surface area contributed by atoms with E-state index in [1.54, 1.807) is 10.7 Å². The number of nitrogens with zero attached hydrogens (tertiary/aromatic N) is 4. The predicted molar refractivity (Wildman–Crippen MR) is 122 cm³/mol. The van der Waals surface area contributed by atoms with Crippen LogP contribution in [0.5, 0.6) is 0 Å². The van der Waals surface area contributed by atoms with E-state index >= 15 is 0 Å². The molecule has 0 atom stereocenters. The molecule has 4 N–H and O–H groups in total. The van der Waals surface area contributed by atoms with Crippen molar-refractivity contribution in [2.75, 3.05) is 23.7 Å². The quantitative estimate of drug-likeness (QED) is 0.586. The third kappa shape index (κ3) is 4.34. The summed E-state index contributed by atoms with van der Waals surface area (Å²) in [6.45, 7) is 1.72. The summed E-state index contributed by atoms with van der Waals surface area (Å²) in [6.07, 6.45) is 9.97. The number of imidazole rings is 1. The van der Waals surface area contributed by atoms with Gasteiger partial charge in [-0.05, 0) is 62.8 Å². The molecule has 2 aliphatic rings. The highest BCUT2D eigenvalue weighted by atomic mass is 16.2. The van der Waals surface area contributed by atoms with Gasteiger partial charge in [-0.25, -0.2) is 9.50 Å². The van der Waals surface area contributed by atoms with Crippen molar-refractivity contribution in [3.05, 3.63) is 48.3 Å². The van der Waals surface area contributed by atoms with E-state index in [0.29, 0.717) is 12.1 Å². The standard InChI is InChI=1S/C23H29N7O/c24-17-5-9-19(10-6-17)27-21-15-20(22-25-11-14-30(22)28-21)26-18-7-3-16(4-8-18)23(31)29-12-1-2-13-29/h3-4,7-8,11,14-15,17,19,26H,1-2,5-6,9-10,12-13,24H2,(H,27,28). The van der Waals surface area contributed by atoms with Crippen molar-refractivity contribution in [2.24, 2.45) is 5.73 Å². The summed E-state index contributed by atoms with van der Waals surface area (Å²) >= 11 is 0. The summed E-state index contributed by atoms with van der Waals surface area (Å²) in [4.78, 5) is 18.9. The lowest BCUT2D eigenvalue weighted by molar-refractivity contribution is 0.0793. The lowest BCUT2D eigenvalue weighted by Gasteiger charge is -2.27. The molecule has 1 aliphatic carbocycles. The van der Waals surface area contributed by atoms with Gasteiger partial charge >= 0.3 is 0 Å². The van der Waals surface area contributed by atoms with Gasteiger partial charge in [0.2, 0.25) is 0 Å². The lowest BCUT2D eigenvalue weighted by Crippen LogP contribution is -2.33. The minimum absolute atomic E-state index is 0.113. The monoisotopic (exact) mass is 419 g/mol. The van der Waals surface area contributed by atoms with Crippen molar-refractivity contribution < 1.29 is 4.79 Å². The van der Waals surface area contributed by atoms with Gasteiger partial charge in [-0.2, -0.15) is 0 Å². The first-order valence-electron chi connectivity index (χ1n) is 11.2. The number of amides is 1.